The molecule has 1 heterocycles. The lowest BCUT2D eigenvalue weighted by Gasteiger charge is -2.09. The van der Waals surface area contributed by atoms with Crippen molar-refractivity contribution < 1.29 is 0 Å². The summed E-state index contributed by atoms with van der Waals surface area (Å²) in [5.41, 5.74) is 8.75. The lowest BCUT2D eigenvalue weighted by Crippen LogP contribution is -2.08. The number of nitrogens with zero attached hydrogens (tertiary/aromatic N) is 2. The van der Waals surface area contributed by atoms with Crippen LogP contribution in [0.4, 0.5) is 5.82 Å². The molecule has 0 spiro atoms. The predicted molar refractivity (Wildman–Crippen MR) is 82.8 cm³/mol. The summed E-state index contributed by atoms with van der Waals surface area (Å²) in [4.78, 5) is 4.84. The number of anilines is 1. The Hall–Kier alpha value is -1.77. The molecule has 2 N–H and O–H groups in total. The largest absolute Gasteiger partial charge is 0.384 e. The number of unbranched alkanes of at least 4 members (excludes halogenated alkanes) is 1. The van der Waals surface area contributed by atoms with Crippen molar-refractivity contribution in [3.63, 3.8) is 0 Å². The Labute approximate surface area is 120 Å². The highest BCUT2D eigenvalue weighted by Gasteiger charge is 2.30. The van der Waals surface area contributed by atoms with Crippen molar-refractivity contribution in [1.82, 2.24) is 9.55 Å². The predicted octanol–water partition coefficient (Wildman–Crippen LogP) is 3.73. The maximum Gasteiger partial charge on any atom is 0.127 e. The molecular weight excluding hydrogens is 246 g/mol. The number of aryl methyl sites for hydroxylation is 1. The molecule has 1 aliphatic rings. The summed E-state index contributed by atoms with van der Waals surface area (Å²) in [7, 11) is 0. The Balaban J connectivity index is 1.89. The first-order chi connectivity index (χ1) is 9.79. The number of aromatic nitrogens is 2. The molecule has 1 saturated carbocycles. The molecule has 20 heavy (non-hydrogen) atoms. The zero-order valence-electron chi connectivity index (χ0n) is 12.2. The van der Waals surface area contributed by atoms with Crippen LogP contribution in [0.5, 0.6) is 0 Å². The average Bonchev–Trinajstić information content (AvgIpc) is 3.27. The number of benzene rings is 1. The van der Waals surface area contributed by atoms with Gasteiger partial charge in [0.05, 0.1) is 12.2 Å². The highest BCUT2D eigenvalue weighted by molar-refractivity contribution is 5.41. The van der Waals surface area contributed by atoms with Gasteiger partial charge in [0.2, 0.25) is 0 Å². The van der Waals surface area contributed by atoms with E-state index in [1.807, 2.05) is 0 Å². The fourth-order valence-corrected chi connectivity index (χ4v) is 2.65. The zero-order chi connectivity index (χ0) is 13.9. The summed E-state index contributed by atoms with van der Waals surface area (Å²) in [6, 6.07) is 10.5. The number of nitrogens with two attached hydrogens (primary N) is 1. The van der Waals surface area contributed by atoms with E-state index in [0.29, 0.717) is 5.92 Å². The van der Waals surface area contributed by atoms with Crippen LogP contribution in [0.1, 0.15) is 55.6 Å². The van der Waals surface area contributed by atoms with Crippen LogP contribution in [0.3, 0.4) is 0 Å². The standard InChI is InChI=1S/C17H23N3/c1-2-3-9-15-16(18)20(17(19-15)14-10-11-14)12-13-7-5-4-6-8-13/h4-8,14H,2-3,9-12,18H2,1H3. The van der Waals surface area contributed by atoms with Crippen LogP contribution in [-0.2, 0) is 13.0 Å². The summed E-state index contributed by atoms with van der Waals surface area (Å²) in [5.74, 6) is 2.72. The number of rotatable bonds is 6. The van der Waals surface area contributed by atoms with Crippen molar-refractivity contribution in [2.45, 2.75) is 51.5 Å². The fraction of sp³-hybridized carbons (Fsp3) is 0.471. The topological polar surface area (TPSA) is 43.8 Å². The second-order valence-electron chi connectivity index (χ2n) is 5.75. The van der Waals surface area contributed by atoms with Gasteiger partial charge in [-0.2, -0.15) is 0 Å². The molecule has 3 nitrogen and oxygen atoms in total. The quantitative estimate of drug-likeness (QED) is 0.868. The van der Waals surface area contributed by atoms with E-state index in [1.165, 1.54) is 30.7 Å². The molecule has 0 unspecified atom stereocenters. The van der Waals surface area contributed by atoms with Crippen LogP contribution in [0, 0.1) is 0 Å². The van der Waals surface area contributed by atoms with Crippen molar-refractivity contribution >= 4 is 5.82 Å². The van der Waals surface area contributed by atoms with Gasteiger partial charge in [-0.3, -0.25) is 0 Å². The van der Waals surface area contributed by atoms with E-state index >= 15 is 0 Å². The third-order valence-electron chi connectivity index (χ3n) is 4.01. The number of imidazole rings is 1. The first-order valence-electron chi connectivity index (χ1n) is 7.68. The fourth-order valence-electron chi connectivity index (χ4n) is 2.65. The van der Waals surface area contributed by atoms with Gasteiger partial charge in [-0.25, -0.2) is 4.98 Å². The first kappa shape index (κ1) is 13.2. The molecule has 1 fully saturated rings. The molecule has 0 amide bonds. The third-order valence-corrected chi connectivity index (χ3v) is 4.01. The molecule has 0 aliphatic heterocycles. The highest BCUT2D eigenvalue weighted by atomic mass is 15.1. The van der Waals surface area contributed by atoms with Gasteiger partial charge in [0.25, 0.3) is 0 Å². The molecule has 1 aliphatic carbocycles. The molecule has 3 heteroatoms. The SMILES string of the molecule is CCCCc1nc(C2CC2)n(Cc2ccccc2)c1N. The Kier molecular flexibility index (Phi) is 3.77. The average molecular weight is 269 g/mol. The maximum atomic E-state index is 6.36. The van der Waals surface area contributed by atoms with Crippen LogP contribution in [0.25, 0.3) is 0 Å². The van der Waals surface area contributed by atoms with E-state index in [9.17, 15) is 0 Å². The van der Waals surface area contributed by atoms with Crippen LogP contribution >= 0.6 is 0 Å². The van der Waals surface area contributed by atoms with E-state index in [0.717, 1.165) is 30.9 Å². The van der Waals surface area contributed by atoms with Crippen molar-refractivity contribution in [2.24, 2.45) is 0 Å². The van der Waals surface area contributed by atoms with Gasteiger partial charge in [-0.05, 0) is 31.2 Å². The zero-order valence-corrected chi connectivity index (χ0v) is 12.2. The maximum absolute atomic E-state index is 6.36. The van der Waals surface area contributed by atoms with Gasteiger partial charge in [-0.1, -0.05) is 43.7 Å². The number of hydrogen-bond donors (Lipinski definition) is 1. The van der Waals surface area contributed by atoms with Crippen LogP contribution < -0.4 is 5.73 Å². The van der Waals surface area contributed by atoms with E-state index in [4.69, 9.17) is 10.7 Å². The molecule has 2 aromatic rings. The summed E-state index contributed by atoms with van der Waals surface area (Å²) in [6.07, 6.45) is 5.88. The van der Waals surface area contributed by atoms with E-state index < -0.39 is 0 Å². The minimum Gasteiger partial charge on any atom is -0.384 e. The molecule has 3 rings (SSSR count). The Morgan fingerprint density at radius 2 is 2.00 bits per heavy atom. The number of hydrogen-bond acceptors (Lipinski definition) is 2. The normalized spacial score (nSPS) is 14.7. The van der Waals surface area contributed by atoms with Crippen LogP contribution in [0.2, 0.25) is 0 Å². The van der Waals surface area contributed by atoms with Crippen molar-refractivity contribution in [2.75, 3.05) is 5.73 Å². The summed E-state index contributed by atoms with van der Waals surface area (Å²) < 4.78 is 2.23. The highest BCUT2D eigenvalue weighted by Crippen LogP contribution is 2.41. The van der Waals surface area contributed by atoms with Crippen molar-refractivity contribution in [3.05, 3.63) is 47.4 Å². The molecule has 1 aromatic heterocycles. The van der Waals surface area contributed by atoms with Crippen LogP contribution in [0.15, 0.2) is 30.3 Å². The molecule has 0 saturated heterocycles. The summed E-state index contributed by atoms with van der Waals surface area (Å²) >= 11 is 0. The van der Waals surface area contributed by atoms with Gasteiger partial charge < -0.3 is 10.3 Å². The second kappa shape index (κ2) is 5.70. The summed E-state index contributed by atoms with van der Waals surface area (Å²) in [5, 5.41) is 0. The van der Waals surface area contributed by atoms with E-state index in [1.54, 1.807) is 0 Å². The molecular formula is C17H23N3. The Bertz CT molecular complexity index is 567. The molecule has 0 radical (unpaired) electrons. The van der Waals surface area contributed by atoms with E-state index in [-0.39, 0.29) is 0 Å². The van der Waals surface area contributed by atoms with Gasteiger partial charge in [0, 0.05) is 5.92 Å². The Morgan fingerprint density at radius 3 is 2.65 bits per heavy atom. The van der Waals surface area contributed by atoms with Gasteiger partial charge in [0.1, 0.15) is 11.6 Å². The first-order valence-corrected chi connectivity index (χ1v) is 7.68. The van der Waals surface area contributed by atoms with Crippen molar-refractivity contribution in [3.8, 4) is 0 Å². The lowest BCUT2D eigenvalue weighted by atomic mass is 10.2. The van der Waals surface area contributed by atoms with E-state index in [2.05, 4.69) is 41.8 Å². The monoisotopic (exact) mass is 269 g/mol. The molecule has 1 aromatic carbocycles. The second-order valence-corrected chi connectivity index (χ2v) is 5.75. The van der Waals surface area contributed by atoms with Gasteiger partial charge in [-0.15, -0.1) is 0 Å². The Morgan fingerprint density at radius 1 is 1.25 bits per heavy atom. The minimum absolute atomic E-state index is 0.636. The molecule has 0 bridgehead atoms. The minimum atomic E-state index is 0.636. The van der Waals surface area contributed by atoms with Crippen LogP contribution in [-0.4, -0.2) is 9.55 Å². The third kappa shape index (κ3) is 2.72. The molecule has 0 atom stereocenters. The van der Waals surface area contributed by atoms with Gasteiger partial charge >= 0.3 is 0 Å². The smallest absolute Gasteiger partial charge is 0.127 e. The number of nitrogen functional groups attached to an aromatic ring is 1. The van der Waals surface area contributed by atoms with Crippen molar-refractivity contribution in [1.29, 1.82) is 0 Å². The molecule has 106 valence electrons. The lowest BCUT2D eigenvalue weighted by molar-refractivity contribution is 0.734. The van der Waals surface area contributed by atoms with Gasteiger partial charge in [0.15, 0.2) is 0 Å². The summed E-state index contributed by atoms with van der Waals surface area (Å²) in [6.45, 7) is 3.05.